The highest BCUT2D eigenvalue weighted by molar-refractivity contribution is 5.77. The molecule has 2 rings (SSSR count). The molecule has 1 aromatic carbocycles. The molecule has 0 bridgehead atoms. The van der Waals surface area contributed by atoms with E-state index in [0.29, 0.717) is 17.7 Å². The molecule has 0 spiro atoms. The zero-order valence-electron chi connectivity index (χ0n) is 12.0. The molecule has 1 aromatic rings. The lowest BCUT2D eigenvalue weighted by Gasteiger charge is -2.20. The predicted molar refractivity (Wildman–Crippen MR) is 78.0 cm³/mol. The molecule has 5 heteroatoms. The molecule has 0 saturated carbocycles. The quantitative estimate of drug-likeness (QED) is 0.830. The van der Waals surface area contributed by atoms with Crippen LogP contribution in [0.25, 0.3) is 0 Å². The molecule has 1 aliphatic heterocycles. The van der Waals surface area contributed by atoms with Gasteiger partial charge in [-0.3, -0.25) is 4.79 Å². The Morgan fingerprint density at radius 1 is 1.55 bits per heavy atom. The Morgan fingerprint density at radius 2 is 2.40 bits per heavy atom. The maximum atomic E-state index is 11.2. The van der Waals surface area contributed by atoms with Crippen molar-refractivity contribution in [3.63, 3.8) is 0 Å². The second-order valence-corrected chi connectivity index (χ2v) is 5.05. The first-order valence-corrected chi connectivity index (χ1v) is 6.97. The fourth-order valence-corrected chi connectivity index (χ4v) is 2.22. The van der Waals surface area contributed by atoms with Gasteiger partial charge in [0, 0.05) is 37.4 Å². The number of nitrogens with one attached hydrogen (secondary N) is 2. The fourth-order valence-electron chi connectivity index (χ4n) is 2.22. The van der Waals surface area contributed by atoms with Crippen LogP contribution in [0, 0.1) is 5.92 Å². The van der Waals surface area contributed by atoms with E-state index in [9.17, 15) is 4.79 Å². The van der Waals surface area contributed by atoms with Crippen LogP contribution in [0.1, 0.15) is 13.3 Å². The van der Waals surface area contributed by atoms with Crippen molar-refractivity contribution in [1.82, 2.24) is 5.32 Å². The molecular weight excluding hydrogens is 256 g/mol. The normalized spacial score (nSPS) is 19.4. The Morgan fingerprint density at radius 3 is 3.10 bits per heavy atom. The third kappa shape index (κ3) is 4.13. The highest BCUT2D eigenvalue weighted by atomic mass is 16.5. The molecule has 20 heavy (non-hydrogen) atoms. The van der Waals surface area contributed by atoms with E-state index >= 15 is 0 Å². The van der Waals surface area contributed by atoms with Gasteiger partial charge >= 0.3 is 0 Å². The topological polar surface area (TPSA) is 59.6 Å². The molecule has 1 saturated heterocycles. The van der Waals surface area contributed by atoms with Gasteiger partial charge in [0.1, 0.15) is 5.75 Å². The van der Waals surface area contributed by atoms with E-state index in [1.54, 1.807) is 7.05 Å². The van der Waals surface area contributed by atoms with Gasteiger partial charge in [-0.1, -0.05) is 6.07 Å². The van der Waals surface area contributed by atoms with Crippen molar-refractivity contribution < 1.29 is 14.3 Å². The van der Waals surface area contributed by atoms with Crippen LogP contribution in [0.2, 0.25) is 0 Å². The van der Waals surface area contributed by atoms with Crippen LogP contribution in [0.15, 0.2) is 24.3 Å². The molecule has 2 N–H and O–H groups in total. The maximum absolute atomic E-state index is 11.2. The highest BCUT2D eigenvalue weighted by Crippen LogP contribution is 2.22. The van der Waals surface area contributed by atoms with Gasteiger partial charge in [-0.05, 0) is 25.5 Å². The Kier molecular flexibility index (Phi) is 5.24. The lowest BCUT2D eigenvalue weighted by Crippen LogP contribution is -2.26. The van der Waals surface area contributed by atoms with Crippen LogP contribution in [0.3, 0.4) is 0 Å². The lowest BCUT2D eigenvalue weighted by atomic mass is 10.0. The molecule has 1 aliphatic rings. The van der Waals surface area contributed by atoms with Crippen molar-refractivity contribution in [3.05, 3.63) is 24.3 Å². The van der Waals surface area contributed by atoms with Crippen molar-refractivity contribution in [2.24, 2.45) is 5.92 Å². The molecule has 1 fully saturated rings. The average molecular weight is 278 g/mol. The summed E-state index contributed by atoms with van der Waals surface area (Å²) in [6, 6.07) is 8.03. The molecule has 2 unspecified atom stereocenters. The molecule has 1 amide bonds. The van der Waals surface area contributed by atoms with Gasteiger partial charge < -0.3 is 20.1 Å². The SMILES string of the molecule is CNC(=O)COc1cccc(NC(C)C2CCOC2)c1. The Bertz CT molecular complexity index is 444. The number of hydrogen-bond acceptors (Lipinski definition) is 4. The molecule has 1 heterocycles. The summed E-state index contributed by atoms with van der Waals surface area (Å²) >= 11 is 0. The van der Waals surface area contributed by atoms with Crippen LogP contribution in [-0.4, -0.2) is 38.8 Å². The zero-order chi connectivity index (χ0) is 14.4. The standard InChI is InChI=1S/C15H22N2O3/c1-11(12-6-7-19-9-12)17-13-4-3-5-14(8-13)20-10-15(18)16-2/h3-5,8,11-12,17H,6-7,9-10H2,1-2H3,(H,16,18). The van der Waals surface area contributed by atoms with Gasteiger partial charge in [0.2, 0.25) is 0 Å². The number of carbonyl (C=O) groups excluding carboxylic acids is 1. The van der Waals surface area contributed by atoms with Gasteiger partial charge in [-0.2, -0.15) is 0 Å². The van der Waals surface area contributed by atoms with Gasteiger partial charge in [0.05, 0.1) is 6.61 Å². The zero-order valence-corrected chi connectivity index (χ0v) is 12.0. The number of hydrogen-bond donors (Lipinski definition) is 2. The van der Waals surface area contributed by atoms with E-state index in [4.69, 9.17) is 9.47 Å². The highest BCUT2D eigenvalue weighted by Gasteiger charge is 2.22. The van der Waals surface area contributed by atoms with Crippen molar-refractivity contribution in [1.29, 1.82) is 0 Å². The number of amides is 1. The largest absolute Gasteiger partial charge is 0.484 e. The number of ether oxygens (including phenoxy) is 2. The molecule has 0 radical (unpaired) electrons. The first-order valence-electron chi connectivity index (χ1n) is 6.97. The number of likely N-dealkylation sites (N-methyl/N-ethyl adjacent to an activating group) is 1. The summed E-state index contributed by atoms with van der Waals surface area (Å²) in [5.41, 5.74) is 0.999. The van der Waals surface area contributed by atoms with Crippen molar-refractivity contribution in [2.45, 2.75) is 19.4 Å². The molecule has 0 aromatic heterocycles. The van der Waals surface area contributed by atoms with E-state index in [1.165, 1.54) is 0 Å². The number of carbonyl (C=O) groups is 1. The minimum Gasteiger partial charge on any atom is -0.484 e. The van der Waals surface area contributed by atoms with Crippen LogP contribution in [0.4, 0.5) is 5.69 Å². The Hall–Kier alpha value is -1.75. The summed E-state index contributed by atoms with van der Waals surface area (Å²) < 4.78 is 10.8. The molecule has 2 atom stereocenters. The van der Waals surface area contributed by atoms with Crippen molar-refractivity contribution >= 4 is 11.6 Å². The van der Waals surface area contributed by atoms with Crippen LogP contribution < -0.4 is 15.4 Å². The summed E-state index contributed by atoms with van der Waals surface area (Å²) in [5.74, 6) is 1.10. The average Bonchev–Trinajstić information content (AvgIpc) is 2.99. The fraction of sp³-hybridized carbons (Fsp3) is 0.533. The second-order valence-electron chi connectivity index (χ2n) is 5.05. The number of benzene rings is 1. The lowest BCUT2D eigenvalue weighted by molar-refractivity contribution is -0.122. The first-order chi connectivity index (χ1) is 9.69. The summed E-state index contributed by atoms with van der Waals surface area (Å²) in [5, 5.41) is 5.99. The smallest absolute Gasteiger partial charge is 0.257 e. The van der Waals surface area contributed by atoms with E-state index in [0.717, 1.165) is 25.3 Å². The van der Waals surface area contributed by atoms with E-state index in [2.05, 4.69) is 17.6 Å². The minimum absolute atomic E-state index is 0.0337. The summed E-state index contributed by atoms with van der Waals surface area (Å²) in [6.45, 7) is 3.87. The monoisotopic (exact) mass is 278 g/mol. The molecule has 0 aliphatic carbocycles. The Balaban J connectivity index is 1.89. The third-order valence-corrected chi connectivity index (χ3v) is 3.55. The predicted octanol–water partition coefficient (Wildman–Crippen LogP) is 1.65. The molecular formula is C15H22N2O3. The van der Waals surface area contributed by atoms with Gasteiger partial charge in [-0.25, -0.2) is 0 Å². The molecule has 110 valence electrons. The summed E-state index contributed by atoms with van der Waals surface area (Å²) in [4.78, 5) is 11.2. The number of anilines is 1. The minimum atomic E-state index is -0.139. The van der Waals surface area contributed by atoms with Crippen molar-refractivity contribution in [3.8, 4) is 5.75 Å². The molecule has 5 nitrogen and oxygen atoms in total. The van der Waals surface area contributed by atoms with Crippen LogP contribution in [-0.2, 0) is 9.53 Å². The summed E-state index contributed by atoms with van der Waals surface area (Å²) in [6.07, 6.45) is 1.10. The summed E-state index contributed by atoms with van der Waals surface area (Å²) in [7, 11) is 1.59. The number of rotatable bonds is 6. The van der Waals surface area contributed by atoms with Gasteiger partial charge in [-0.15, -0.1) is 0 Å². The second kappa shape index (κ2) is 7.14. The van der Waals surface area contributed by atoms with Crippen LogP contribution in [0.5, 0.6) is 5.75 Å². The third-order valence-electron chi connectivity index (χ3n) is 3.55. The van der Waals surface area contributed by atoms with Gasteiger partial charge in [0.25, 0.3) is 5.91 Å². The first kappa shape index (κ1) is 14.7. The van der Waals surface area contributed by atoms with E-state index in [-0.39, 0.29) is 12.5 Å². The van der Waals surface area contributed by atoms with Crippen LogP contribution >= 0.6 is 0 Å². The van der Waals surface area contributed by atoms with E-state index < -0.39 is 0 Å². The Labute approximate surface area is 119 Å². The van der Waals surface area contributed by atoms with Gasteiger partial charge in [0.15, 0.2) is 6.61 Å². The maximum Gasteiger partial charge on any atom is 0.257 e. The van der Waals surface area contributed by atoms with Crippen molar-refractivity contribution in [2.75, 3.05) is 32.2 Å². The van der Waals surface area contributed by atoms with E-state index in [1.807, 2.05) is 24.3 Å².